The highest BCUT2D eigenvalue weighted by Gasteiger charge is 2.08. The molecule has 0 saturated carbocycles. The maximum atomic E-state index is 6.10. The number of nitrogens with zero attached hydrogens (tertiary/aromatic N) is 2. The number of nitrogens with one attached hydrogen (secondary N) is 1. The first-order chi connectivity index (χ1) is 8.97. The molecule has 1 heterocycles. The van der Waals surface area contributed by atoms with Gasteiger partial charge in [0.1, 0.15) is 0 Å². The van der Waals surface area contributed by atoms with Gasteiger partial charge in [0.2, 0.25) is 0 Å². The topological polar surface area (TPSA) is 29.9 Å². The van der Waals surface area contributed by atoms with Crippen LogP contribution in [0.25, 0.3) is 0 Å². The summed E-state index contributed by atoms with van der Waals surface area (Å²) >= 11 is 18.1. The monoisotopic (exact) mass is 317 g/mol. The van der Waals surface area contributed by atoms with Crippen LogP contribution in [0.4, 0.5) is 5.69 Å². The van der Waals surface area contributed by atoms with Gasteiger partial charge in [-0.3, -0.25) is 4.68 Å². The highest BCUT2D eigenvalue weighted by atomic mass is 35.5. The molecule has 0 saturated heterocycles. The zero-order valence-electron chi connectivity index (χ0n) is 10.6. The molecule has 0 bridgehead atoms. The van der Waals surface area contributed by atoms with E-state index in [9.17, 15) is 0 Å². The lowest BCUT2D eigenvalue weighted by Gasteiger charge is -2.10. The van der Waals surface area contributed by atoms with Gasteiger partial charge in [-0.25, -0.2) is 0 Å². The molecule has 0 aliphatic carbocycles. The predicted molar refractivity (Wildman–Crippen MR) is 81.4 cm³/mol. The van der Waals surface area contributed by atoms with Crippen molar-refractivity contribution in [2.45, 2.75) is 26.4 Å². The van der Waals surface area contributed by atoms with Gasteiger partial charge in [-0.2, -0.15) is 5.10 Å². The summed E-state index contributed by atoms with van der Waals surface area (Å²) in [6, 6.07) is 5.62. The van der Waals surface area contributed by atoms with Gasteiger partial charge in [-0.15, -0.1) is 0 Å². The van der Waals surface area contributed by atoms with E-state index in [1.54, 1.807) is 12.1 Å². The SMILES string of the molecule is CC(C)n1ccc(CNc2c(Cl)cc(Cl)cc2Cl)n1. The first kappa shape index (κ1) is 14.5. The van der Waals surface area contributed by atoms with Crippen LogP contribution < -0.4 is 5.32 Å². The van der Waals surface area contributed by atoms with Gasteiger partial charge < -0.3 is 5.32 Å². The van der Waals surface area contributed by atoms with Crippen LogP contribution >= 0.6 is 34.8 Å². The van der Waals surface area contributed by atoms with E-state index >= 15 is 0 Å². The Bertz CT molecular complexity index is 555. The smallest absolute Gasteiger partial charge is 0.0815 e. The second kappa shape index (κ2) is 6.04. The number of aromatic nitrogens is 2. The minimum Gasteiger partial charge on any atom is -0.377 e. The van der Waals surface area contributed by atoms with E-state index in [0.29, 0.717) is 33.3 Å². The van der Waals surface area contributed by atoms with Crippen molar-refractivity contribution >= 4 is 40.5 Å². The lowest BCUT2D eigenvalue weighted by molar-refractivity contribution is 0.527. The Morgan fingerprint density at radius 1 is 1.21 bits per heavy atom. The van der Waals surface area contributed by atoms with Crippen LogP contribution in [-0.2, 0) is 6.54 Å². The quantitative estimate of drug-likeness (QED) is 0.856. The molecule has 3 nitrogen and oxygen atoms in total. The number of halogens is 3. The fourth-order valence-corrected chi connectivity index (χ4v) is 2.60. The summed E-state index contributed by atoms with van der Waals surface area (Å²) in [5, 5.41) is 9.14. The molecule has 0 atom stereocenters. The Hall–Kier alpha value is -0.900. The van der Waals surface area contributed by atoms with Gasteiger partial charge in [0, 0.05) is 17.3 Å². The van der Waals surface area contributed by atoms with E-state index in [2.05, 4.69) is 24.3 Å². The van der Waals surface area contributed by atoms with Crippen molar-refractivity contribution in [2.75, 3.05) is 5.32 Å². The van der Waals surface area contributed by atoms with Crippen molar-refractivity contribution in [3.05, 3.63) is 45.2 Å². The summed E-state index contributed by atoms with van der Waals surface area (Å²) in [5.41, 5.74) is 1.60. The molecule has 0 fully saturated rings. The molecule has 0 radical (unpaired) electrons. The van der Waals surface area contributed by atoms with Gasteiger partial charge in [-0.1, -0.05) is 34.8 Å². The molecule has 2 rings (SSSR count). The second-order valence-corrected chi connectivity index (χ2v) is 5.73. The third-order valence-corrected chi connectivity index (χ3v) is 3.46. The van der Waals surface area contributed by atoms with E-state index in [1.165, 1.54) is 0 Å². The van der Waals surface area contributed by atoms with E-state index in [1.807, 2.05) is 16.9 Å². The Morgan fingerprint density at radius 3 is 2.37 bits per heavy atom. The van der Waals surface area contributed by atoms with E-state index < -0.39 is 0 Å². The Morgan fingerprint density at radius 2 is 1.84 bits per heavy atom. The predicted octanol–water partition coefficient (Wildman–Crippen LogP) is 5.04. The molecule has 0 aliphatic heterocycles. The molecular formula is C13H14Cl3N3. The zero-order valence-corrected chi connectivity index (χ0v) is 12.9. The van der Waals surface area contributed by atoms with Gasteiger partial charge in [0.25, 0.3) is 0 Å². The van der Waals surface area contributed by atoms with Gasteiger partial charge in [0.05, 0.1) is 28.0 Å². The summed E-state index contributed by atoms with van der Waals surface area (Å²) in [7, 11) is 0. The molecule has 2 aromatic rings. The molecule has 0 amide bonds. The standard InChI is InChI=1S/C13H14Cl3N3/c1-8(2)19-4-3-10(18-19)7-17-13-11(15)5-9(14)6-12(13)16/h3-6,8,17H,7H2,1-2H3. The van der Waals surface area contributed by atoms with Gasteiger partial charge >= 0.3 is 0 Å². The number of anilines is 1. The number of hydrogen-bond acceptors (Lipinski definition) is 2. The van der Waals surface area contributed by atoms with E-state index in [4.69, 9.17) is 34.8 Å². The average Bonchev–Trinajstić information content (AvgIpc) is 2.76. The van der Waals surface area contributed by atoms with Crippen LogP contribution in [0.2, 0.25) is 15.1 Å². The Labute approximate surface area is 127 Å². The van der Waals surface area contributed by atoms with Crippen LogP contribution in [0.1, 0.15) is 25.6 Å². The van der Waals surface area contributed by atoms with Crippen LogP contribution in [0.3, 0.4) is 0 Å². The van der Waals surface area contributed by atoms with E-state index in [-0.39, 0.29) is 0 Å². The van der Waals surface area contributed by atoms with Crippen molar-refractivity contribution in [3.8, 4) is 0 Å². The molecule has 1 aromatic carbocycles. The van der Waals surface area contributed by atoms with Crippen LogP contribution in [0.5, 0.6) is 0 Å². The maximum absolute atomic E-state index is 6.10. The molecule has 1 N–H and O–H groups in total. The van der Waals surface area contributed by atoms with Crippen LogP contribution in [-0.4, -0.2) is 9.78 Å². The summed E-state index contributed by atoms with van der Waals surface area (Å²) in [6.07, 6.45) is 1.95. The lowest BCUT2D eigenvalue weighted by atomic mass is 10.3. The highest BCUT2D eigenvalue weighted by Crippen LogP contribution is 2.33. The third-order valence-electron chi connectivity index (χ3n) is 2.65. The average molecular weight is 319 g/mol. The van der Waals surface area contributed by atoms with Crippen LogP contribution in [0.15, 0.2) is 24.4 Å². The highest BCUT2D eigenvalue weighted by molar-refractivity contribution is 6.41. The number of hydrogen-bond donors (Lipinski definition) is 1. The molecule has 6 heteroatoms. The van der Waals surface area contributed by atoms with Crippen molar-refractivity contribution in [1.29, 1.82) is 0 Å². The second-order valence-electron chi connectivity index (χ2n) is 4.48. The molecule has 0 unspecified atom stereocenters. The van der Waals surface area contributed by atoms with Crippen molar-refractivity contribution < 1.29 is 0 Å². The Kier molecular flexibility index (Phi) is 4.61. The van der Waals surface area contributed by atoms with Gasteiger partial charge in [0.15, 0.2) is 0 Å². The number of benzene rings is 1. The normalized spacial score (nSPS) is 11.1. The summed E-state index contributed by atoms with van der Waals surface area (Å²) in [4.78, 5) is 0. The first-order valence-electron chi connectivity index (χ1n) is 5.90. The number of rotatable bonds is 4. The fourth-order valence-electron chi connectivity index (χ4n) is 1.65. The molecule has 102 valence electrons. The zero-order chi connectivity index (χ0) is 14.0. The molecule has 0 aliphatic rings. The largest absolute Gasteiger partial charge is 0.377 e. The first-order valence-corrected chi connectivity index (χ1v) is 7.03. The minimum absolute atomic E-state index is 0.344. The molecule has 0 spiro atoms. The van der Waals surface area contributed by atoms with Gasteiger partial charge in [-0.05, 0) is 32.0 Å². The minimum atomic E-state index is 0.344. The van der Waals surface area contributed by atoms with Crippen molar-refractivity contribution in [2.24, 2.45) is 0 Å². The Balaban J connectivity index is 2.10. The summed E-state index contributed by atoms with van der Waals surface area (Å²) < 4.78 is 1.90. The molecule has 19 heavy (non-hydrogen) atoms. The molecular weight excluding hydrogens is 305 g/mol. The van der Waals surface area contributed by atoms with E-state index in [0.717, 1.165) is 5.69 Å². The fraction of sp³-hybridized carbons (Fsp3) is 0.308. The van der Waals surface area contributed by atoms with Crippen molar-refractivity contribution in [3.63, 3.8) is 0 Å². The summed E-state index contributed by atoms with van der Waals surface area (Å²) in [6.45, 7) is 4.72. The molecule has 1 aromatic heterocycles. The van der Waals surface area contributed by atoms with Crippen molar-refractivity contribution in [1.82, 2.24) is 9.78 Å². The third kappa shape index (κ3) is 3.56. The lowest BCUT2D eigenvalue weighted by Crippen LogP contribution is -2.05. The van der Waals surface area contributed by atoms with Crippen LogP contribution in [0, 0.1) is 0 Å². The maximum Gasteiger partial charge on any atom is 0.0815 e. The summed E-state index contributed by atoms with van der Waals surface area (Å²) in [5.74, 6) is 0.